The van der Waals surface area contributed by atoms with Crippen LogP contribution in [0.2, 0.25) is 0 Å². The summed E-state index contributed by atoms with van der Waals surface area (Å²) in [5, 5.41) is 9.92. The van der Waals surface area contributed by atoms with E-state index in [9.17, 15) is 18.0 Å². The fourth-order valence-corrected chi connectivity index (χ4v) is 5.95. The summed E-state index contributed by atoms with van der Waals surface area (Å²) in [5.41, 5.74) is 2.89. The molecule has 35 heavy (non-hydrogen) atoms. The maximum atomic E-state index is 13.2. The SMILES string of the molecule is Cc1cc(CC(=O)O)cc(CN2CCN(c3nc4ccc(C(F)(F)F)cc4s3)C(CC(C)C)C2)c1. The van der Waals surface area contributed by atoms with Gasteiger partial charge in [0, 0.05) is 32.2 Å². The van der Waals surface area contributed by atoms with Gasteiger partial charge in [0.15, 0.2) is 5.13 Å². The Hall–Kier alpha value is -2.65. The lowest BCUT2D eigenvalue weighted by atomic mass is 9.99. The van der Waals surface area contributed by atoms with Crippen molar-refractivity contribution in [1.29, 1.82) is 0 Å². The fourth-order valence-electron chi connectivity index (χ4n) is 4.85. The second-order valence-electron chi connectivity index (χ2n) is 9.79. The Morgan fingerprint density at radius 1 is 1.17 bits per heavy atom. The molecule has 1 unspecified atom stereocenters. The van der Waals surface area contributed by atoms with Crippen molar-refractivity contribution in [1.82, 2.24) is 9.88 Å². The zero-order chi connectivity index (χ0) is 25.3. The number of alkyl halides is 3. The second kappa shape index (κ2) is 10.1. The number of aryl methyl sites for hydroxylation is 1. The van der Waals surface area contributed by atoms with Gasteiger partial charge in [0.2, 0.25) is 0 Å². The Morgan fingerprint density at radius 3 is 2.60 bits per heavy atom. The van der Waals surface area contributed by atoms with Crippen molar-refractivity contribution >= 4 is 32.7 Å². The van der Waals surface area contributed by atoms with E-state index < -0.39 is 17.7 Å². The van der Waals surface area contributed by atoms with Crippen LogP contribution in [0.1, 0.15) is 42.5 Å². The minimum atomic E-state index is -4.37. The molecule has 0 radical (unpaired) electrons. The van der Waals surface area contributed by atoms with E-state index in [1.165, 1.54) is 23.5 Å². The van der Waals surface area contributed by atoms with Gasteiger partial charge in [-0.3, -0.25) is 9.69 Å². The molecule has 5 nitrogen and oxygen atoms in total. The summed E-state index contributed by atoms with van der Waals surface area (Å²) in [6, 6.07) is 9.91. The highest BCUT2D eigenvalue weighted by molar-refractivity contribution is 7.22. The third kappa shape index (κ3) is 6.32. The number of carboxylic acid groups (broad SMARTS) is 1. The van der Waals surface area contributed by atoms with Crippen molar-refractivity contribution in [3.63, 3.8) is 0 Å². The van der Waals surface area contributed by atoms with E-state index >= 15 is 0 Å². The van der Waals surface area contributed by atoms with E-state index in [1.54, 1.807) is 0 Å². The number of piperazine rings is 1. The predicted octanol–water partition coefficient (Wildman–Crippen LogP) is 5.99. The first-order valence-corrected chi connectivity index (χ1v) is 12.6. The van der Waals surface area contributed by atoms with E-state index in [1.807, 2.05) is 19.1 Å². The number of thiazole rings is 1. The molecule has 1 aromatic heterocycles. The third-order valence-electron chi connectivity index (χ3n) is 6.22. The zero-order valence-corrected chi connectivity index (χ0v) is 20.9. The Kier molecular flexibility index (Phi) is 7.38. The highest BCUT2D eigenvalue weighted by Gasteiger charge is 2.32. The number of fused-ring (bicyclic) bond motifs is 1. The molecule has 0 bridgehead atoms. The van der Waals surface area contributed by atoms with Crippen molar-refractivity contribution in [2.75, 3.05) is 24.5 Å². The molecule has 1 N–H and O–H groups in total. The number of aliphatic carboxylic acids is 1. The van der Waals surface area contributed by atoms with Gasteiger partial charge in [-0.1, -0.05) is 48.9 Å². The van der Waals surface area contributed by atoms with E-state index in [2.05, 4.69) is 34.7 Å². The van der Waals surface area contributed by atoms with Crippen LogP contribution >= 0.6 is 11.3 Å². The molecule has 2 aromatic carbocycles. The molecule has 2 heterocycles. The van der Waals surface area contributed by atoms with Crippen LogP contribution in [0.3, 0.4) is 0 Å². The molecule has 4 rings (SSSR count). The smallest absolute Gasteiger partial charge is 0.416 e. The largest absolute Gasteiger partial charge is 0.481 e. The third-order valence-corrected chi connectivity index (χ3v) is 7.27. The lowest BCUT2D eigenvalue weighted by molar-refractivity contribution is -0.138. The lowest BCUT2D eigenvalue weighted by Crippen LogP contribution is -2.53. The van der Waals surface area contributed by atoms with Crippen molar-refractivity contribution < 1.29 is 23.1 Å². The van der Waals surface area contributed by atoms with Crippen LogP contribution in [-0.4, -0.2) is 46.6 Å². The van der Waals surface area contributed by atoms with Crippen molar-refractivity contribution in [3.8, 4) is 0 Å². The number of aromatic nitrogens is 1. The van der Waals surface area contributed by atoms with Crippen LogP contribution in [0.4, 0.5) is 18.3 Å². The Bertz CT molecular complexity index is 1210. The number of nitrogens with zero attached hydrogens (tertiary/aromatic N) is 3. The van der Waals surface area contributed by atoms with Crippen LogP contribution < -0.4 is 4.90 Å². The van der Waals surface area contributed by atoms with Gasteiger partial charge in [0.25, 0.3) is 0 Å². The summed E-state index contributed by atoms with van der Waals surface area (Å²) >= 11 is 1.32. The highest BCUT2D eigenvalue weighted by Crippen LogP contribution is 2.37. The van der Waals surface area contributed by atoms with Gasteiger partial charge < -0.3 is 10.0 Å². The minimum absolute atomic E-state index is 0.00604. The van der Waals surface area contributed by atoms with Gasteiger partial charge in [-0.25, -0.2) is 4.98 Å². The van der Waals surface area contributed by atoms with Gasteiger partial charge in [-0.05, 0) is 48.6 Å². The number of benzene rings is 2. The summed E-state index contributed by atoms with van der Waals surface area (Å²) in [7, 11) is 0. The zero-order valence-electron chi connectivity index (χ0n) is 20.1. The van der Waals surface area contributed by atoms with Gasteiger partial charge in [0.1, 0.15) is 0 Å². The summed E-state index contributed by atoms with van der Waals surface area (Å²) in [4.78, 5) is 20.5. The van der Waals surface area contributed by atoms with Crippen molar-refractivity contribution in [2.45, 2.75) is 52.4 Å². The van der Waals surface area contributed by atoms with Crippen LogP contribution in [0.15, 0.2) is 36.4 Å². The molecule has 9 heteroatoms. The van der Waals surface area contributed by atoms with Gasteiger partial charge in [0.05, 0.1) is 22.2 Å². The summed E-state index contributed by atoms with van der Waals surface area (Å²) in [5.74, 6) is -0.389. The molecule has 3 aromatic rings. The Balaban J connectivity index is 1.54. The minimum Gasteiger partial charge on any atom is -0.481 e. The molecular formula is C26H30F3N3O2S. The number of rotatable bonds is 7. The monoisotopic (exact) mass is 505 g/mol. The Morgan fingerprint density at radius 2 is 1.91 bits per heavy atom. The quantitative estimate of drug-likeness (QED) is 0.428. The first-order valence-electron chi connectivity index (χ1n) is 11.8. The number of anilines is 1. The standard InChI is InChI=1S/C26H30F3N3O2S/c1-16(2)8-21-15-31(14-19-10-17(3)9-18(11-19)12-24(33)34)6-7-32(21)25-30-22-5-4-20(26(27,28)29)13-23(22)35-25/h4-5,9-11,13,16,21H,6-8,12,14-15H2,1-3H3,(H,33,34). The van der Waals surface area contributed by atoms with E-state index in [4.69, 9.17) is 5.11 Å². The number of halogens is 3. The van der Waals surface area contributed by atoms with Gasteiger partial charge in [-0.15, -0.1) is 0 Å². The Labute approximate surface area is 207 Å². The van der Waals surface area contributed by atoms with Crippen LogP contribution in [0.25, 0.3) is 10.2 Å². The van der Waals surface area contributed by atoms with E-state index in [-0.39, 0.29) is 12.5 Å². The van der Waals surface area contributed by atoms with Gasteiger partial charge >= 0.3 is 12.1 Å². The van der Waals surface area contributed by atoms with Crippen LogP contribution in [0.5, 0.6) is 0 Å². The molecule has 0 spiro atoms. The first-order chi connectivity index (χ1) is 16.5. The maximum Gasteiger partial charge on any atom is 0.416 e. The number of hydrogen-bond acceptors (Lipinski definition) is 5. The van der Waals surface area contributed by atoms with Crippen LogP contribution in [0, 0.1) is 12.8 Å². The maximum absolute atomic E-state index is 13.2. The number of carboxylic acids is 1. The van der Waals surface area contributed by atoms with Gasteiger partial charge in [-0.2, -0.15) is 13.2 Å². The van der Waals surface area contributed by atoms with Crippen molar-refractivity contribution in [2.24, 2.45) is 5.92 Å². The average Bonchev–Trinajstić information content (AvgIpc) is 3.15. The molecule has 0 saturated carbocycles. The summed E-state index contributed by atoms with van der Waals surface area (Å²) in [6.45, 7) is 9.38. The topological polar surface area (TPSA) is 56.7 Å². The predicted molar refractivity (Wildman–Crippen MR) is 133 cm³/mol. The summed E-state index contributed by atoms with van der Waals surface area (Å²) in [6.07, 6.45) is -3.42. The summed E-state index contributed by atoms with van der Waals surface area (Å²) < 4.78 is 40.0. The lowest BCUT2D eigenvalue weighted by Gasteiger charge is -2.42. The molecule has 1 aliphatic heterocycles. The van der Waals surface area contributed by atoms with E-state index in [0.717, 1.165) is 60.5 Å². The number of hydrogen-bond donors (Lipinski definition) is 1. The fraction of sp³-hybridized carbons (Fsp3) is 0.462. The molecule has 188 valence electrons. The first kappa shape index (κ1) is 25.4. The second-order valence-corrected chi connectivity index (χ2v) is 10.8. The number of carbonyl (C=O) groups is 1. The van der Waals surface area contributed by atoms with Crippen molar-refractivity contribution in [3.05, 3.63) is 58.7 Å². The molecular weight excluding hydrogens is 475 g/mol. The molecule has 1 saturated heterocycles. The van der Waals surface area contributed by atoms with E-state index in [0.29, 0.717) is 16.1 Å². The van der Waals surface area contributed by atoms with Crippen LogP contribution in [-0.2, 0) is 23.9 Å². The molecule has 1 fully saturated rings. The average molecular weight is 506 g/mol. The molecule has 0 aliphatic carbocycles. The molecule has 0 amide bonds. The highest BCUT2D eigenvalue weighted by atomic mass is 32.1. The molecule has 1 atom stereocenters. The molecule has 1 aliphatic rings. The normalized spacial score (nSPS) is 17.5.